The van der Waals surface area contributed by atoms with Crippen LogP contribution in [0.4, 0.5) is 5.69 Å². The number of methoxy groups -OCH3 is 1. The number of hydrogen-bond acceptors (Lipinski definition) is 4. The van der Waals surface area contributed by atoms with Gasteiger partial charge in [-0.3, -0.25) is 4.79 Å². The molecular formula is C11H16N2O3. The molecule has 1 aromatic rings. The molecule has 0 aromatic heterocycles. The fraction of sp³-hybridized carbons (Fsp3) is 0.364. The van der Waals surface area contributed by atoms with Crippen molar-refractivity contribution in [1.29, 1.82) is 0 Å². The van der Waals surface area contributed by atoms with Gasteiger partial charge in [0.1, 0.15) is 12.3 Å². The maximum Gasteiger partial charge on any atom is 0.240 e. The topological polar surface area (TPSA) is 59.6 Å². The first-order chi connectivity index (χ1) is 7.76. The lowest BCUT2D eigenvalue weighted by Crippen LogP contribution is -2.28. The summed E-state index contributed by atoms with van der Waals surface area (Å²) < 4.78 is 5.04. The Kier molecular flexibility index (Phi) is 5.31. The Labute approximate surface area is 94.7 Å². The zero-order valence-electron chi connectivity index (χ0n) is 9.45. The summed E-state index contributed by atoms with van der Waals surface area (Å²) in [5.41, 5.74) is 3.24. The van der Waals surface area contributed by atoms with Gasteiger partial charge in [0, 0.05) is 11.8 Å². The Morgan fingerprint density at radius 3 is 2.94 bits per heavy atom. The summed E-state index contributed by atoms with van der Waals surface area (Å²) in [6.07, 6.45) is 0. The average molecular weight is 224 g/mol. The summed E-state index contributed by atoms with van der Waals surface area (Å²) in [7, 11) is 1.58. The number of ether oxygens (including phenoxy) is 1. The molecule has 1 amide bonds. The fourth-order valence-electron chi connectivity index (χ4n) is 1.12. The SMILES string of the molecule is CCONCC(=O)Nc1cccc(OC)c1. The van der Waals surface area contributed by atoms with Crippen LogP contribution in [-0.2, 0) is 9.63 Å². The third-order valence-electron chi connectivity index (χ3n) is 1.83. The van der Waals surface area contributed by atoms with Gasteiger partial charge in [-0.05, 0) is 19.1 Å². The number of hydrogen-bond donors (Lipinski definition) is 2. The summed E-state index contributed by atoms with van der Waals surface area (Å²) in [5.74, 6) is 0.539. The van der Waals surface area contributed by atoms with Crippen molar-refractivity contribution in [2.45, 2.75) is 6.92 Å². The number of anilines is 1. The number of benzene rings is 1. The molecule has 1 aromatic carbocycles. The van der Waals surface area contributed by atoms with Crippen molar-refractivity contribution in [1.82, 2.24) is 5.48 Å². The van der Waals surface area contributed by atoms with E-state index in [4.69, 9.17) is 9.57 Å². The van der Waals surface area contributed by atoms with E-state index in [9.17, 15) is 4.79 Å². The average Bonchev–Trinajstić information content (AvgIpc) is 2.29. The molecule has 1 rings (SSSR count). The molecule has 5 heteroatoms. The van der Waals surface area contributed by atoms with E-state index in [0.29, 0.717) is 18.0 Å². The standard InChI is InChI=1S/C11H16N2O3/c1-3-16-12-8-11(14)13-9-5-4-6-10(7-9)15-2/h4-7,12H,3,8H2,1-2H3,(H,13,14). The molecule has 0 bridgehead atoms. The molecule has 0 fully saturated rings. The van der Waals surface area contributed by atoms with Gasteiger partial charge < -0.3 is 14.9 Å². The first-order valence-electron chi connectivity index (χ1n) is 5.04. The van der Waals surface area contributed by atoms with E-state index in [-0.39, 0.29) is 12.5 Å². The van der Waals surface area contributed by atoms with Gasteiger partial charge in [0.15, 0.2) is 0 Å². The fourth-order valence-corrected chi connectivity index (χ4v) is 1.12. The van der Waals surface area contributed by atoms with Crippen LogP contribution >= 0.6 is 0 Å². The van der Waals surface area contributed by atoms with Crippen molar-refractivity contribution in [3.8, 4) is 5.75 Å². The van der Waals surface area contributed by atoms with E-state index in [2.05, 4.69) is 10.8 Å². The minimum atomic E-state index is -0.165. The molecule has 0 aliphatic carbocycles. The van der Waals surface area contributed by atoms with Gasteiger partial charge in [-0.2, -0.15) is 5.48 Å². The lowest BCUT2D eigenvalue weighted by Gasteiger charge is -2.07. The molecule has 16 heavy (non-hydrogen) atoms. The highest BCUT2D eigenvalue weighted by Gasteiger charge is 2.02. The molecule has 88 valence electrons. The zero-order valence-corrected chi connectivity index (χ0v) is 9.45. The predicted molar refractivity (Wildman–Crippen MR) is 61.3 cm³/mol. The summed E-state index contributed by atoms with van der Waals surface area (Å²) in [6, 6.07) is 7.16. The van der Waals surface area contributed by atoms with Gasteiger partial charge in [-0.15, -0.1) is 0 Å². The largest absolute Gasteiger partial charge is 0.497 e. The quantitative estimate of drug-likeness (QED) is 0.562. The van der Waals surface area contributed by atoms with Crippen LogP contribution < -0.4 is 15.5 Å². The van der Waals surface area contributed by atoms with Crippen molar-refractivity contribution >= 4 is 11.6 Å². The summed E-state index contributed by atoms with van der Waals surface area (Å²) in [6.45, 7) is 2.48. The van der Waals surface area contributed by atoms with Crippen LogP contribution in [0.3, 0.4) is 0 Å². The zero-order chi connectivity index (χ0) is 11.8. The monoisotopic (exact) mass is 224 g/mol. The predicted octanol–water partition coefficient (Wildman–Crippen LogP) is 1.17. The van der Waals surface area contributed by atoms with Crippen LogP contribution in [0.25, 0.3) is 0 Å². The molecule has 0 atom stereocenters. The van der Waals surface area contributed by atoms with Crippen LogP contribution in [0.5, 0.6) is 5.75 Å². The second-order valence-corrected chi connectivity index (χ2v) is 3.03. The van der Waals surface area contributed by atoms with E-state index < -0.39 is 0 Å². The molecule has 0 aliphatic rings. The van der Waals surface area contributed by atoms with Crippen molar-refractivity contribution in [2.24, 2.45) is 0 Å². The minimum absolute atomic E-state index is 0.116. The molecule has 5 nitrogen and oxygen atoms in total. The third-order valence-corrected chi connectivity index (χ3v) is 1.83. The van der Waals surface area contributed by atoms with Crippen LogP contribution in [0.2, 0.25) is 0 Å². The van der Waals surface area contributed by atoms with Crippen molar-refractivity contribution in [3.63, 3.8) is 0 Å². The number of amides is 1. The van der Waals surface area contributed by atoms with Gasteiger partial charge in [0.2, 0.25) is 5.91 Å². The van der Waals surface area contributed by atoms with E-state index >= 15 is 0 Å². The van der Waals surface area contributed by atoms with Gasteiger partial charge in [0.05, 0.1) is 13.7 Å². The Morgan fingerprint density at radius 2 is 2.25 bits per heavy atom. The van der Waals surface area contributed by atoms with E-state index in [1.54, 1.807) is 19.2 Å². The number of hydroxylamine groups is 1. The normalized spacial score (nSPS) is 9.88. The number of nitrogens with one attached hydrogen (secondary N) is 2. The Bertz CT molecular complexity index is 342. The molecule has 0 heterocycles. The van der Waals surface area contributed by atoms with Crippen molar-refractivity contribution in [2.75, 3.05) is 25.6 Å². The number of carbonyl (C=O) groups excluding carboxylic acids is 1. The number of rotatable bonds is 6. The highest BCUT2D eigenvalue weighted by molar-refractivity contribution is 5.92. The first-order valence-corrected chi connectivity index (χ1v) is 5.04. The maximum atomic E-state index is 11.4. The molecule has 0 saturated carbocycles. The number of carbonyl (C=O) groups is 1. The molecule has 0 radical (unpaired) electrons. The van der Waals surface area contributed by atoms with E-state index in [1.807, 2.05) is 19.1 Å². The summed E-state index contributed by atoms with van der Waals surface area (Å²) in [4.78, 5) is 16.2. The molecule has 0 saturated heterocycles. The second kappa shape index (κ2) is 6.81. The summed E-state index contributed by atoms with van der Waals surface area (Å²) in [5, 5.41) is 2.71. The Morgan fingerprint density at radius 1 is 1.44 bits per heavy atom. The van der Waals surface area contributed by atoms with Gasteiger partial charge >= 0.3 is 0 Å². The van der Waals surface area contributed by atoms with Gasteiger partial charge in [-0.25, -0.2) is 0 Å². The van der Waals surface area contributed by atoms with Crippen LogP contribution in [0.1, 0.15) is 6.92 Å². The van der Waals surface area contributed by atoms with Crippen LogP contribution in [-0.4, -0.2) is 26.2 Å². The van der Waals surface area contributed by atoms with Gasteiger partial charge in [-0.1, -0.05) is 6.07 Å². The third kappa shape index (κ3) is 4.29. The minimum Gasteiger partial charge on any atom is -0.497 e. The van der Waals surface area contributed by atoms with E-state index in [0.717, 1.165) is 0 Å². The molecule has 2 N–H and O–H groups in total. The molecule has 0 spiro atoms. The maximum absolute atomic E-state index is 11.4. The van der Waals surface area contributed by atoms with Crippen LogP contribution in [0, 0.1) is 0 Å². The van der Waals surface area contributed by atoms with Crippen LogP contribution in [0.15, 0.2) is 24.3 Å². The summed E-state index contributed by atoms with van der Waals surface area (Å²) >= 11 is 0. The second-order valence-electron chi connectivity index (χ2n) is 3.03. The van der Waals surface area contributed by atoms with Crippen molar-refractivity contribution < 1.29 is 14.4 Å². The highest BCUT2D eigenvalue weighted by Crippen LogP contribution is 2.16. The Hall–Kier alpha value is -1.59. The first kappa shape index (κ1) is 12.5. The smallest absolute Gasteiger partial charge is 0.240 e. The lowest BCUT2D eigenvalue weighted by molar-refractivity contribution is -0.117. The molecular weight excluding hydrogens is 208 g/mol. The molecule has 0 aliphatic heterocycles. The highest BCUT2D eigenvalue weighted by atomic mass is 16.6. The van der Waals surface area contributed by atoms with E-state index in [1.165, 1.54) is 0 Å². The lowest BCUT2D eigenvalue weighted by atomic mass is 10.3. The Balaban J connectivity index is 2.43. The molecule has 0 unspecified atom stereocenters. The van der Waals surface area contributed by atoms with Gasteiger partial charge in [0.25, 0.3) is 0 Å². The van der Waals surface area contributed by atoms with Crippen molar-refractivity contribution in [3.05, 3.63) is 24.3 Å².